The number of likely N-dealkylation sites (tertiary alicyclic amines) is 1. The van der Waals surface area contributed by atoms with Crippen LogP contribution in [0.5, 0.6) is 5.75 Å². The lowest BCUT2D eigenvalue weighted by Crippen LogP contribution is -2.34. The lowest BCUT2D eigenvalue weighted by molar-refractivity contribution is -0.137. The smallest absolute Gasteiger partial charge is 0.416 e. The highest BCUT2D eigenvalue weighted by atomic mass is 19.4. The second-order valence-electron chi connectivity index (χ2n) is 10.0. The molecule has 1 fully saturated rings. The molecule has 0 saturated carbocycles. The summed E-state index contributed by atoms with van der Waals surface area (Å²) in [5, 5.41) is 4.97. The summed E-state index contributed by atoms with van der Waals surface area (Å²) in [6.45, 7) is 4.24. The minimum atomic E-state index is -4.77. The third-order valence-electron chi connectivity index (χ3n) is 6.98. The maximum Gasteiger partial charge on any atom is 0.416 e. The number of pyridine rings is 1. The van der Waals surface area contributed by atoms with E-state index in [1.807, 2.05) is 0 Å². The van der Waals surface area contributed by atoms with E-state index < -0.39 is 35.8 Å². The number of hydrogen-bond acceptors (Lipinski definition) is 6. The van der Waals surface area contributed by atoms with Crippen molar-refractivity contribution < 1.29 is 36.6 Å². The fourth-order valence-electron chi connectivity index (χ4n) is 4.81. The Balaban J connectivity index is 1.44. The molecule has 0 aliphatic carbocycles. The van der Waals surface area contributed by atoms with Crippen LogP contribution in [0, 0.1) is 5.82 Å². The van der Waals surface area contributed by atoms with Crippen molar-refractivity contribution in [2.24, 2.45) is 0 Å². The van der Waals surface area contributed by atoms with E-state index >= 15 is 0 Å². The van der Waals surface area contributed by atoms with Crippen LogP contribution in [-0.2, 0) is 22.1 Å². The number of nitrogens with zero attached hydrogens (tertiary/aromatic N) is 1. The van der Waals surface area contributed by atoms with Gasteiger partial charge in [-0.1, -0.05) is 12.1 Å². The van der Waals surface area contributed by atoms with Crippen LogP contribution in [0.4, 0.5) is 23.2 Å². The predicted octanol–water partition coefficient (Wildman–Crippen LogP) is 4.23. The van der Waals surface area contributed by atoms with Crippen LogP contribution in [0.3, 0.4) is 0 Å². The van der Waals surface area contributed by atoms with Gasteiger partial charge in [-0.3, -0.25) is 19.3 Å². The number of alkyl halides is 3. The molecule has 1 saturated heterocycles. The number of amides is 2. The number of nitrogens with one attached hydrogen (secondary N) is 3. The van der Waals surface area contributed by atoms with Crippen LogP contribution in [0.2, 0.25) is 0 Å². The zero-order chi connectivity index (χ0) is 31.1. The van der Waals surface area contributed by atoms with Crippen molar-refractivity contribution in [2.45, 2.75) is 32.0 Å². The Morgan fingerprint density at radius 1 is 1.14 bits per heavy atom. The van der Waals surface area contributed by atoms with E-state index in [-0.39, 0.29) is 47.4 Å². The third-order valence-corrected chi connectivity index (χ3v) is 6.98. The van der Waals surface area contributed by atoms with Gasteiger partial charge in [0.2, 0.25) is 5.91 Å². The van der Waals surface area contributed by atoms with Crippen molar-refractivity contribution >= 4 is 17.5 Å². The summed E-state index contributed by atoms with van der Waals surface area (Å²) in [6, 6.07) is 7.89. The van der Waals surface area contributed by atoms with Gasteiger partial charge in [-0.05, 0) is 48.7 Å². The molecule has 3 N–H and O–H groups in total. The Morgan fingerprint density at radius 2 is 1.93 bits per heavy atom. The molecular weight excluding hydrogens is 572 g/mol. The molecule has 1 atom stereocenters. The first-order valence-electron chi connectivity index (χ1n) is 13.7. The summed E-state index contributed by atoms with van der Waals surface area (Å²) in [4.78, 5) is 41.7. The number of carbonyl (C=O) groups is 2. The molecule has 0 spiro atoms. The van der Waals surface area contributed by atoms with E-state index in [1.165, 1.54) is 30.5 Å². The molecule has 0 radical (unpaired) electrons. The van der Waals surface area contributed by atoms with Gasteiger partial charge in [0, 0.05) is 62.4 Å². The lowest BCUT2D eigenvalue weighted by atomic mass is 10.0. The Labute approximate surface area is 245 Å². The van der Waals surface area contributed by atoms with Crippen LogP contribution >= 0.6 is 0 Å². The van der Waals surface area contributed by atoms with E-state index in [9.17, 15) is 31.9 Å². The van der Waals surface area contributed by atoms with Crippen LogP contribution in [0.15, 0.2) is 53.5 Å². The molecule has 9 nitrogen and oxygen atoms in total. The summed E-state index contributed by atoms with van der Waals surface area (Å²) in [7, 11) is 1.63. The normalized spacial score (nSPS) is 15.3. The molecule has 0 unspecified atom stereocenters. The number of methoxy groups -OCH3 is 1. The molecule has 43 heavy (non-hydrogen) atoms. The highest BCUT2D eigenvalue weighted by Crippen LogP contribution is 2.33. The minimum Gasteiger partial charge on any atom is -0.493 e. The standard InChI is InChI=1S/C30H32F4N4O5/c1-3-43-26-15-27(39)36-16-24(26)18-4-5-19(25(31)12-18)13-28(40)37-22-11-20(10-21(14-22)30(32,33)34)29(41)35-7-9-38-8-6-23(17-38)42-2/h4-5,10-12,14-16,23H,3,6-9,13,17H2,1-2H3,(H,35,41)(H,36,39)(H,37,40)/t23-/m1/s1. The predicted molar refractivity (Wildman–Crippen MR) is 152 cm³/mol. The maximum atomic E-state index is 15.0. The molecule has 2 aromatic carbocycles. The van der Waals surface area contributed by atoms with Gasteiger partial charge in [0.05, 0.1) is 24.7 Å². The molecule has 3 aromatic rings. The second-order valence-corrected chi connectivity index (χ2v) is 10.0. The molecule has 230 valence electrons. The summed E-state index contributed by atoms with van der Waals surface area (Å²) >= 11 is 0. The average molecular weight is 605 g/mol. The summed E-state index contributed by atoms with van der Waals surface area (Å²) in [5.41, 5.74) is -1.21. The maximum absolute atomic E-state index is 15.0. The van der Waals surface area contributed by atoms with Crippen molar-refractivity contribution in [2.75, 3.05) is 45.2 Å². The van der Waals surface area contributed by atoms with Gasteiger partial charge in [-0.2, -0.15) is 13.2 Å². The Hall–Kier alpha value is -4.23. The Bertz CT molecular complexity index is 1530. The topological polar surface area (TPSA) is 113 Å². The molecular formula is C30H32F4N4O5. The molecule has 1 aromatic heterocycles. The number of hydrogen-bond donors (Lipinski definition) is 3. The minimum absolute atomic E-state index is 0.00815. The van der Waals surface area contributed by atoms with Crippen molar-refractivity contribution in [1.82, 2.24) is 15.2 Å². The molecule has 4 rings (SSSR count). The fourth-order valence-corrected chi connectivity index (χ4v) is 4.81. The molecule has 2 amide bonds. The largest absolute Gasteiger partial charge is 0.493 e. The molecule has 1 aliphatic rings. The number of aromatic nitrogens is 1. The summed E-state index contributed by atoms with van der Waals surface area (Å²) in [6.07, 6.45) is -2.89. The van der Waals surface area contributed by atoms with Gasteiger partial charge >= 0.3 is 6.18 Å². The van der Waals surface area contributed by atoms with E-state index in [0.29, 0.717) is 36.3 Å². The third kappa shape index (κ3) is 8.42. The number of benzene rings is 2. The number of H-pyrrole nitrogens is 1. The van der Waals surface area contributed by atoms with E-state index in [1.54, 1.807) is 14.0 Å². The van der Waals surface area contributed by atoms with Crippen LogP contribution < -0.4 is 20.9 Å². The van der Waals surface area contributed by atoms with Gasteiger partial charge in [0.15, 0.2) is 0 Å². The zero-order valence-electron chi connectivity index (χ0n) is 23.6. The average Bonchev–Trinajstić information content (AvgIpc) is 3.42. The van der Waals surface area contributed by atoms with E-state index in [2.05, 4.69) is 20.5 Å². The number of aromatic amines is 1. The lowest BCUT2D eigenvalue weighted by Gasteiger charge is -2.17. The van der Waals surface area contributed by atoms with Crippen molar-refractivity contribution in [3.05, 3.63) is 81.5 Å². The fraction of sp³-hybridized carbons (Fsp3) is 0.367. The number of rotatable bonds is 11. The van der Waals surface area contributed by atoms with Gasteiger partial charge in [0.25, 0.3) is 11.5 Å². The van der Waals surface area contributed by atoms with Crippen LogP contribution in [-0.4, -0.2) is 67.7 Å². The Kier molecular flexibility index (Phi) is 10.2. The number of ether oxygens (including phenoxy) is 2. The van der Waals surface area contributed by atoms with Gasteiger partial charge in [-0.25, -0.2) is 4.39 Å². The summed E-state index contributed by atoms with van der Waals surface area (Å²) < 4.78 is 66.6. The molecule has 0 bridgehead atoms. The van der Waals surface area contributed by atoms with Crippen LogP contribution in [0.1, 0.15) is 34.8 Å². The monoisotopic (exact) mass is 604 g/mol. The number of anilines is 1. The van der Waals surface area contributed by atoms with Crippen molar-refractivity contribution in [1.29, 1.82) is 0 Å². The summed E-state index contributed by atoms with van der Waals surface area (Å²) in [5.74, 6) is -1.98. The van der Waals surface area contributed by atoms with E-state index in [0.717, 1.165) is 19.0 Å². The van der Waals surface area contributed by atoms with E-state index in [4.69, 9.17) is 9.47 Å². The second kappa shape index (κ2) is 13.8. The molecule has 13 heteroatoms. The van der Waals surface area contributed by atoms with Crippen molar-refractivity contribution in [3.63, 3.8) is 0 Å². The van der Waals surface area contributed by atoms with Gasteiger partial charge in [0.1, 0.15) is 11.6 Å². The SMILES string of the molecule is CCOc1cc(=O)[nH]cc1-c1ccc(CC(=O)Nc2cc(C(=O)NCCN3CC[C@@H](OC)C3)cc(C(F)(F)F)c2)c(F)c1. The van der Waals surface area contributed by atoms with Crippen molar-refractivity contribution in [3.8, 4) is 16.9 Å². The first kappa shape index (κ1) is 31.7. The quantitative estimate of drug-likeness (QED) is 0.283. The number of carbonyl (C=O) groups excluding carboxylic acids is 2. The highest BCUT2D eigenvalue weighted by Gasteiger charge is 2.32. The molecule has 1 aliphatic heterocycles. The first-order chi connectivity index (χ1) is 20.5. The van der Waals surface area contributed by atoms with Gasteiger partial charge in [-0.15, -0.1) is 0 Å². The van der Waals surface area contributed by atoms with Crippen LogP contribution in [0.25, 0.3) is 11.1 Å². The first-order valence-corrected chi connectivity index (χ1v) is 13.7. The zero-order valence-corrected chi connectivity index (χ0v) is 23.6. The highest BCUT2D eigenvalue weighted by molar-refractivity contribution is 5.98. The van der Waals surface area contributed by atoms with Gasteiger partial charge < -0.3 is 25.1 Å². The number of halogens is 4. The Morgan fingerprint density at radius 3 is 2.60 bits per heavy atom. The molecule has 2 heterocycles.